The number of nitrogens with zero attached hydrogens (tertiary/aromatic N) is 4. The molecule has 2 aromatic carbocycles. The monoisotopic (exact) mass is 538 g/mol. The summed E-state index contributed by atoms with van der Waals surface area (Å²) in [5.41, 5.74) is 0.363. The van der Waals surface area contributed by atoms with Crippen molar-refractivity contribution in [3.63, 3.8) is 0 Å². The molecular weight excluding hydrogens is 525 g/mol. The molecule has 1 heterocycles. The van der Waals surface area contributed by atoms with Crippen molar-refractivity contribution in [2.24, 2.45) is 15.3 Å². The number of rotatable bonds is 7. The smallest absolute Gasteiger partial charge is 0.744 e. The predicted molar refractivity (Wildman–Crippen MR) is 99.0 cm³/mol. The summed E-state index contributed by atoms with van der Waals surface area (Å²) in [7, 11) is -9.28. The summed E-state index contributed by atoms with van der Waals surface area (Å²) >= 11 is 0. The Morgan fingerprint density at radius 3 is 1.82 bits per heavy atom. The summed E-state index contributed by atoms with van der Waals surface area (Å²) in [5, 5.41) is 34.0. The van der Waals surface area contributed by atoms with Crippen LogP contribution in [0.5, 0.6) is 0 Å². The van der Waals surface area contributed by atoms with E-state index in [1.54, 1.807) is 0 Å². The van der Waals surface area contributed by atoms with E-state index >= 15 is 0 Å². The maximum absolute atomic E-state index is 11.0. The van der Waals surface area contributed by atoms with Crippen LogP contribution in [0.4, 0.5) is 11.4 Å². The summed E-state index contributed by atoms with van der Waals surface area (Å²) in [6.45, 7) is -0.544. The minimum atomic E-state index is -4.66. The minimum absolute atomic E-state index is 0. The van der Waals surface area contributed by atoms with Gasteiger partial charge in [0, 0.05) is 0 Å². The van der Waals surface area contributed by atoms with Crippen LogP contribution in [0.3, 0.4) is 0 Å². The summed E-state index contributed by atoms with van der Waals surface area (Å²) in [6.07, 6.45) is -1.45. The van der Waals surface area contributed by atoms with Gasteiger partial charge in [0.1, 0.15) is 20.2 Å². The van der Waals surface area contributed by atoms with Crippen molar-refractivity contribution in [2.45, 2.75) is 22.1 Å². The number of hydrazone groups is 1. The Balaban J connectivity index is 0.00000363. The summed E-state index contributed by atoms with van der Waals surface area (Å²) in [6, 6.07) is 7.88. The Morgan fingerprint density at radius 1 is 0.912 bits per heavy atom. The third-order valence-corrected chi connectivity index (χ3v) is 5.83. The van der Waals surface area contributed by atoms with Gasteiger partial charge in [0.15, 0.2) is 12.3 Å². The van der Waals surface area contributed by atoms with Crippen molar-refractivity contribution in [1.82, 2.24) is 0 Å². The average Bonchev–Trinajstić information content (AvgIpc) is 3.01. The minimum Gasteiger partial charge on any atom is -0.744 e. The third kappa shape index (κ3) is 8.65. The van der Waals surface area contributed by atoms with Gasteiger partial charge in [-0.05, 0) is 48.5 Å². The number of aliphatic hydroxyl groups is 1. The maximum atomic E-state index is 11.0. The molecule has 2 atom stereocenters. The first-order valence-electron chi connectivity index (χ1n) is 8.33. The second-order valence-electron chi connectivity index (χ2n) is 6.17. The van der Waals surface area contributed by atoms with E-state index in [1.165, 1.54) is 24.3 Å². The number of azo groups is 1. The molecule has 0 bridgehead atoms. The molecule has 0 radical (unpaired) electrons. The standard InChI is InChI=1S/C16H16N4O9S2.3Na/c21-16-15(18-17-10-1-5-12(6-2-10)30(23,24)25)14(9-29-22)19-20(16)11-3-7-13(8-4-11)31(26,27)28;;;/h1-8,15-16,21-22H,9H2,(H,23,24,25)(H,26,27,28);;;/q;3*+1/p-3. The molecule has 1 N–H and O–H groups in total. The van der Waals surface area contributed by atoms with E-state index in [2.05, 4.69) is 20.2 Å². The third-order valence-electron chi connectivity index (χ3n) is 4.13. The van der Waals surface area contributed by atoms with E-state index in [-0.39, 0.29) is 106 Å². The molecule has 0 amide bonds. The van der Waals surface area contributed by atoms with Gasteiger partial charge in [0.05, 0.1) is 33.5 Å². The molecule has 0 aliphatic carbocycles. The summed E-state index contributed by atoms with van der Waals surface area (Å²) < 4.78 is 66.0. The first-order valence-corrected chi connectivity index (χ1v) is 11.1. The Bertz CT molecular complexity index is 1230. The van der Waals surface area contributed by atoms with Crippen LogP contribution >= 0.6 is 0 Å². The molecule has 18 heteroatoms. The Morgan fingerprint density at radius 2 is 1.38 bits per heavy atom. The van der Waals surface area contributed by atoms with Crippen LogP contribution in [0, 0.1) is 0 Å². The molecule has 1 aliphatic rings. The van der Waals surface area contributed by atoms with Gasteiger partial charge in [-0.15, -0.1) is 0 Å². The van der Waals surface area contributed by atoms with Crippen molar-refractivity contribution in [1.29, 1.82) is 0 Å². The van der Waals surface area contributed by atoms with Crippen LogP contribution in [0.15, 0.2) is 73.7 Å². The Labute approximate surface area is 261 Å². The van der Waals surface area contributed by atoms with Crippen molar-refractivity contribution in [3.8, 4) is 0 Å². The van der Waals surface area contributed by atoms with E-state index < -0.39 is 48.9 Å². The molecule has 2 aromatic rings. The van der Waals surface area contributed by atoms with Crippen LogP contribution in [0.25, 0.3) is 0 Å². The SMILES string of the molecule is O=S(=O)([O-])c1ccc(N=NC2C(CO[O-])=NN(c3ccc(S(=O)(=O)[O-])cc3)C2O)cc1.[Na+].[Na+].[Na+]. The summed E-state index contributed by atoms with van der Waals surface area (Å²) in [4.78, 5) is 2.89. The molecule has 0 saturated carbocycles. The van der Waals surface area contributed by atoms with Gasteiger partial charge in [0.2, 0.25) is 0 Å². The van der Waals surface area contributed by atoms with Gasteiger partial charge >= 0.3 is 88.7 Å². The Hall–Kier alpha value is 0.210. The maximum Gasteiger partial charge on any atom is 1.00 e. The summed E-state index contributed by atoms with van der Waals surface area (Å²) in [5.74, 6) is 0. The van der Waals surface area contributed by atoms with Crippen LogP contribution < -0.4 is 98.9 Å². The molecule has 13 nitrogen and oxygen atoms in total. The zero-order valence-electron chi connectivity index (χ0n) is 18.3. The molecule has 1 aliphatic heterocycles. The number of hydrogen-bond acceptors (Lipinski definition) is 13. The first-order chi connectivity index (χ1) is 14.5. The zero-order chi connectivity index (χ0) is 22.8. The number of anilines is 1. The predicted octanol–water partition coefficient (Wildman–Crippen LogP) is -9.55. The van der Waals surface area contributed by atoms with Crippen LogP contribution in [-0.2, 0) is 25.1 Å². The molecule has 2 unspecified atom stereocenters. The van der Waals surface area contributed by atoms with E-state index in [1.807, 2.05) is 0 Å². The van der Waals surface area contributed by atoms with Crippen molar-refractivity contribution >= 4 is 37.3 Å². The normalized spacial score (nSPS) is 18.0. The Kier molecular flexibility index (Phi) is 14.3. The second kappa shape index (κ2) is 14.2. The second-order valence-corrected chi connectivity index (χ2v) is 8.93. The van der Waals surface area contributed by atoms with E-state index in [9.17, 15) is 36.3 Å². The van der Waals surface area contributed by atoms with Gasteiger partial charge in [0.25, 0.3) is 0 Å². The number of hydrogen-bond donors (Lipinski definition) is 1. The van der Waals surface area contributed by atoms with E-state index in [0.29, 0.717) is 0 Å². The number of aliphatic hydroxyl groups excluding tert-OH is 1. The molecule has 166 valence electrons. The fourth-order valence-electron chi connectivity index (χ4n) is 2.65. The molecule has 0 fully saturated rings. The first kappa shape index (κ1) is 34.2. The molecule has 34 heavy (non-hydrogen) atoms. The molecule has 0 aromatic heterocycles. The van der Waals surface area contributed by atoms with E-state index in [4.69, 9.17) is 0 Å². The van der Waals surface area contributed by atoms with Gasteiger partial charge in [-0.1, -0.05) is 0 Å². The largest absolute Gasteiger partial charge is 1.00 e. The molecule has 0 spiro atoms. The molecule has 0 saturated heterocycles. The van der Waals surface area contributed by atoms with E-state index in [0.717, 1.165) is 29.3 Å². The fourth-order valence-corrected chi connectivity index (χ4v) is 3.59. The van der Waals surface area contributed by atoms with Gasteiger partial charge in [-0.3, -0.25) is 0 Å². The van der Waals surface area contributed by atoms with Crippen molar-refractivity contribution < 1.29 is 130 Å². The van der Waals surface area contributed by atoms with Gasteiger partial charge < -0.3 is 24.4 Å². The topological polar surface area (TPSA) is 207 Å². The quantitative estimate of drug-likeness (QED) is 0.116. The van der Waals surface area contributed by atoms with Crippen LogP contribution in [0.1, 0.15) is 0 Å². The van der Waals surface area contributed by atoms with Gasteiger partial charge in [-0.25, -0.2) is 21.8 Å². The van der Waals surface area contributed by atoms with Crippen molar-refractivity contribution in [2.75, 3.05) is 11.6 Å². The molecule has 3 rings (SSSR count). The van der Waals surface area contributed by atoms with Crippen molar-refractivity contribution in [3.05, 3.63) is 48.5 Å². The molecular formula is C16H13N4Na3O9S2. The van der Waals surface area contributed by atoms with Gasteiger partial charge in [-0.2, -0.15) is 15.3 Å². The fraction of sp³-hybridized carbons (Fsp3) is 0.188. The van der Waals surface area contributed by atoms with Crippen LogP contribution in [0.2, 0.25) is 0 Å². The number of benzene rings is 2. The zero-order valence-corrected chi connectivity index (χ0v) is 25.9. The van der Waals surface area contributed by atoms with Crippen LogP contribution in [-0.4, -0.2) is 55.6 Å². The average molecular weight is 538 g/mol.